The van der Waals surface area contributed by atoms with E-state index in [0.29, 0.717) is 20.4 Å². The number of carbonyl (C=O) groups excluding carboxylic acids is 4. The van der Waals surface area contributed by atoms with Crippen molar-refractivity contribution in [3.63, 3.8) is 0 Å². The van der Waals surface area contributed by atoms with Crippen LogP contribution in [0.15, 0.2) is 42.5 Å². The number of nitrogens with zero attached hydrogens (tertiary/aromatic N) is 1. The van der Waals surface area contributed by atoms with E-state index in [1.165, 1.54) is 11.3 Å². The van der Waals surface area contributed by atoms with Gasteiger partial charge in [0.1, 0.15) is 0 Å². The number of rotatable bonds is 5. The molecule has 2 amide bonds. The van der Waals surface area contributed by atoms with Crippen LogP contribution in [0.25, 0.3) is 0 Å². The van der Waals surface area contributed by atoms with E-state index in [4.69, 9.17) is 4.84 Å². The second-order valence-corrected chi connectivity index (χ2v) is 6.73. The topological polar surface area (TPSA) is 80.8 Å². The van der Waals surface area contributed by atoms with Gasteiger partial charge < -0.3 is 4.84 Å². The minimum absolute atomic E-state index is 0.0508. The van der Waals surface area contributed by atoms with Crippen molar-refractivity contribution >= 4 is 34.9 Å². The molecule has 0 radical (unpaired) electrons. The minimum Gasteiger partial charge on any atom is -0.330 e. The van der Waals surface area contributed by atoms with Gasteiger partial charge in [-0.3, -0.25) is 14.4 Å². The van der Waals surface area contributed by atoms with Crippen molar-refractivity contribution in [1.82, 2.24) is 5.06 Å². The molecule has 0 bridgehead atoms. The Hall–Kier alpha value is -2.80. The zero-order valence-corrected chi connectivity index (χ0v) is 14.2. The van der Waals surface area contributed by atoms with E-state index in [1.54, 1.807) is 43.3 Å². The maximum Gasteiger partial charge on any atom is 0.341 e. The largest absolute Gasteiger partial charge is 0.341 e. The van der Waals surface area contributed by atoms with Crippen molar-refractivity contribution in [3.05, 3.63) is 57.8 Å². The average molecular weight is 357 g/mol. The number of hydrogen-bond donors (Lipinski definition) is 0. The summed E-state index contributed by atoms with van der Waals surface area (Å²) in [4.78, 5) is 53.7. The molecule has 1 aromatic heterocycles. The zero-order valence-electron chi connectivity index (χ0n) is 13.4. The van der Waals surface area contributed by atoms with Crippen LogP contribution in [-0.2, 0) is 19.2 Å². The number of amides is 2. The Labute approximate surface area is 148 Å². The highest BCUT2D eigenvalue weighted by atomic mass is 32.1. The molecule has 1 atom stereocenters. The van der Waals surface area contributed by atoms with Crippen LogP contribution >= 0.6 is 11.3 Å². The first-order chi connectivity index (χ1) is 12.0. The van der Waals surface area contributed by atoms with Crippen LogP contribution in [0.1, 0.15) is 45.8 Å². The van der Waals surface area contributed by atoms with E-state index in [-0.39, 0.29) is 18.6 Å². The Balaban J connectivity index is 1.71. The predicted octanol–water partition coefficient (Wildman–Crippen LogP) is 2.69. The molecule has 25 heavy (non-hydrogen) atoms. The van der Waals surface area contributed by atoms with Crippen molar-refractivity contribution in [2.45, 2.75) is 25.7 Å². The number of ketones is 1. The summed E-state index contributed by atoms with van der Waals surface area (Å²) in [5, 5.41) is 0.530. The van der Waals surface area contributed by atoms with Gasteiger partial charge in [-0.05, 0) is 19.1 Å². The second-order valence-electron chi connectivity index (χ2n) is 5.61. The van der Waals surface area contributed by atoms with E-state index >= 15 is 0 Å². The van der Waals surface area contributed by atoms with Gasteiger partial charge in [-0.2, -0.15) is 0 Å². The maximum absolute atomic E-state index is 12.4. The van der Waals surface area contributed by atoms with Gasteiger partial charge >= 0.3 is 5.97 Å². The van der Waals surface area contributed by atoms with Gasteiger partial charge in [0.15, 0.2) is 0 Å². The van der Waals surface area contributed by atoms with E-state index in [0.717, 1.165) is 0 Å². The molecule has 3 rings (SSSR count). The van der Waals surface area contributed by atoms with Gasteiger partial charge in [0.25, 0.3) is 11.8 Å². The highest BCUT2D eigenvalue weighted by Crippen LogP contribution is 2.28. The first-order valence-electron chi connectivity index (χ1n) is 7.74. The molecule has 2 aromatic rings. The zero-order chi connectivity index (χ0) is 18.0. The van der Waals surface area contributed by atoms with Crippen molar-refractivity contribution in [2.75, 3.05) is 0 Å². The Morgan fingerprint density at radius 2 is 1.68 bits per heavy atom. The molecular weight excluding hydrogens is 342 g/mol. The van der Waals surface area contributed by atoms with Gasteiger partial charge in [-0.15, -0.1) is 16.4 Å². The number of thiophene rings is 1. The summed E-state index contributed by atoms with van der Waals surface area (Å²) in [5.74, 6) is -2.55. The molecule has 1 aliphatic heterocycles. The van der Waals surface area contributed by atoms with Crippen LogP contribution in [0.4, 0.5) is 0 Å². The third kappa shape index (κ3) is 3.51. The molecule has 6 nitrogen and oxygen atoms in total. The highest BCUT2D eigenvalue weighted by molar-refractivity contribution is 7.14. The summed E-state index contributed by atoms with van der Waals surface area (Å²) in [6, 6.07) is 12.2. The fourth-order valence-electron chi connectivity index (χ4n) is 2.38. The minimum atomic E-state index is -0.704. The lowest BCUT2D eigenvalue weighted by Crippen LogP contribution is -2.33. The molecule has 1 fully saturated rings. The first-order valence-corrected chi connectivity index (χ1v) is 8.56. The molecule has 1 saturated heterocycles. The SMILES string of the molecule is C[C@H](C(=O)ON1C(=O)CCC1=O)c1ccc(C(=O)c2ccccc2)s1. The molecule has 0 unspecified atom stereocenters. The maximum atomic E-state index is 12.4. The van der Waals surface area contributed by atoms with Gasteiger partial charge in [-0.1, -0.05) is 30.3 Å². The lowest BCUT2D eigenvalue weighted by Gasteiger charge is -2.15. The molecule has 2 heterocycles. The van der Waals surface area contributed by atoms with Gasteiger partial charge in [0, 0.05) is 23.3 Å². The summed E-state index contributed by atoms with van der Waals surface area (Å²) in [7, 11) is 0. The smallest absolute Gasteiger partial charge is 0.330 e. The average Bonchev–Trinajstić information content (AvgIpc) is 3.23. The third-order valence-electron chi connectivity index (χ3n) is 3.85. The molecule has 1 aliphatic rings. The molecule has 0 saturated carbocycles. The summed E-state index contributed by atoms with van der Waals surface area (Å²) in [6.07, 6.45) is 0.102. The van der Waals surface area contributed by atoms with Crippen LogP contribution in [0.2, 0.25) is 0 Å². The molecule has 0 aliphatic carbocycles. The highest BCUT2D eigenvalue weighted by Gasteiger charge is 2.34. The van der Waals surface area contributed by atoms with E-state index in [9.17, 15) is 19.2 Å². The summed E-state index contributed by atoms with van der Waals surface area (Å²) < 4.78 is 0. The number of hydroxylamine groups is 2. The van der Waals surface area contributed by atoms with Crippen LogP contribution in [0.5, 0.6) is 0 Å². The third-order valence-corrected chi connectivity index (χ3v) is 5.12. The molecule has 1 aromatic carbocycles. The van der Waals surface area contributed by atoms with E-state index in [2.05, 4.69) is 0 Å². The molecular formula is C18H15NO5S. The Bertz CT molecular complexity index is 826. The van der Waals surface area contributed by atoms with Crippen LogP contribution in [0.3, 0.4) is 0 Å². The van der Waals surface area contributed by atoms with E-state index < -0.39 is 23.7 Å². The van der Waals surface area contributed by atoms with Gasteiger partial charge in [0.2, 0.25) is 5.78 Å². The van der Waals surface area contributed by atoms with Gasteiger partial charge in [0.05, 0.1) is 10.8 Å². The Morgan fingerprint density at radius 1 is 1.04 bits per heavy atom. The van der Waals surface area contributed by atoms with Crippen LogP contribution < -0.4 is 0 Å². The van der Waals surface area contributed by atoms with Crippen molar-refractivity contribution < 1.29 is 24.0 Å². The number of hydrogen-bond acceptors (Lipinski definition) is 6. The molecule has 0 N–H and O–H groups in total. The molecule has 128 valence electrons. The van der Waals surface area contributed by atoms with Crippen LogP contribution in [0, 0.1) is 0 Å². The first kappa shape index (κ1) is 17.0. The van der Waals surface area contributed by atoms with Crippen molar-refractivity contribution in [1.29, 1.82) is 0 Å². The Kier molecular flexibility index (Phi) is 4.76. The fraction of sp³-hybridized carbons (Fsp3) is 0.222. The van der Waals surface area contributed by atoms with Crippen LogP contribution in [-0.4, -0.2) is 28.6 Å². The standard InChI is InChI=1S/C18H15NO5S/c1-11(18(23)24-19-15(20)9-10-16(19)21)13-7-8-14(25-13)17(22)12-5-3-2-4-6-12/h2-8,11H,9-10H2,1H3/t11-/m0/s1. The van der Waals surface area contributed by atoms with Crippen molar-refractivity contribution in [3.8, 4) is 0 Å². The normalized spacial score (nSPS) is 15.3. The quantitative estimate of drug-likeness (QED) is 0.607. The fourth-order valence-corrected chi connectivity index (χ4v) is 3.39. The second kappa shape index (κ2) is 6.98. The Morgan fingerprint density at radius 3 is 2.32 bits per heavy atom. The number of imide groups is 1. The monoisotopic (exact) mass is 357 g/mol. The number of carbonyl (C=O) groups is 4. The lowest BCUT2D eigenvalue weighted by molar-refractivity contribution is -0.198. The van der Waals surface area contributed by atoms with E-state index in [1.807, 2.05) is 6.07 Å². The molecule has 7 heteroatoms. The molecule has 0 spiro atoms. The summed E-state index contributed by atoms with van der Waals surface area (Å²) >= 11 is 1.19. The van der Waals surface area contributed by atoms with Gasteiger partial charge in [-0.25, -0.2) is 4.79 Å². The lowest BCUT2D eigenvalue weighted by atomic mass is 10.1. The van der Waals surface area contributed by atoms with Crippen molar-refractivity contribution in [2.24, 2.45) is 0 Å². The summed E-state index contributed by atoms with van der Waals surface area (Å²) in [5.41, 5.74) is 0.569. The number of benzene rings is 1. The summed E-state index contributed by atoms with van der Waals surface area (Å²) in [6.45, 7) is 1.61. The predicted molar refractivity (Wildman–Crippen MR) is 89.8 cm³/mol.